The Kier molecular flexibility index (Phi) is 31.1. The minimum absolute atomic E-state index is 0.0917. The Hall–Kier alpha value is -8.13. The first-order chi connectivity index (χ1) is 41.2. The van der Waals surface area contributed by atoms with Crippen LogP contribution in [0.3, 0.4) is 0 Å². The van der Waals surface area contributed by atoms with Gasteiger partial charge in [-0.2, -0.15) is 0 Å². The summed E-state index contributed by atoms with van der Waals surface area (Å²) in [6.07, 6.45) is 11.9. The van der Waals surface area contributed by atoms with E-state index in [0.717, 1.165) is 85.3 Å². The predicted octanol–water partition coefficient (Wildman–Crippen LogP) is 6.21. The molecular weight excluding hydrogens is 1170 g/mol. The SMILES string of the molecule is COC(=O)/C=C/C(=O)OCC(Cc1ccccc1)NS(=O)(=O)CC1CCCCC1.COC(=O)/C=C/C(=O)OCC(Cc1ccccc1)NS(=O)(=O)Cc1ccccc1.COC(=O)/C=C/C(=O)OCC(Cc1ccccc1)NS(=O)(=O)c1ccccc1. The third-order valence-electron chi connectivity index (χ3n) is 12.4. The van der Waals surface area contributed by atoms with Crippen molar-refractivity contribution in [2.24, 2.45) is 5.92 Å². The number of esters is 6. The molecule has 0 spiro atoms. The van der Waals surface area contributed by atoms with Crippen LogP contribution >= 0.6 is 0 Å². The Labute approximate surface area is 503 Å². The van der Waals surface area contributed by atoms with Crippen molar-refractivity contribution in [3.05, 3.63) is 210 Å². The summed E-state index contributed by atoms with van der Waals surface area (Å²) in [6.45, 7) is -0.526. The molecule has 0 radical (unpaired) electrons. The van der Waals surface area contributed by atoms with Crippen molar-refractivity contribution in [1.29, 1.82) is 0 Å². The van der Waals surface area contributed by atoms with Gasteiger partial charge in [0, 0.05) is 36.5 Å². The fraction of sp³-hybridized carbons (Fsp3) is 0.323. The summed E-state index contributed by atoms with van der Waals surface area (Å²) in [5, 5.41) is 0. The highest BCUT2D eigenvalue weighted by molar-refractivity contribution is 7.89. The molecular formula is C62H73N3O18S3. The smallest absolute Gasteiger partial charge is 0.331 e. The summed E-state index contributed by atoms with van der Waals surface area (Å²) in [6, 6.07) is 42.6. The molecule has 24 heteroatoms. The van der Waals surface area contributed by atoms with Crippen LogP contribution in [0.25, 0.3) is 0 Å². The van der Waals surface area contributed by atoms with E-state index in [9.17, 15) is 54.0 Å². The zero-order chi connectivity index (χ0) is 62.6. The molecule has 0 aliphatic heterocycles. The molecule has 5 aromatic carbocycles. The molecule has 1 aliphatic carbocycles. The molecule has 1 saturated carbocycles. The maximum absolute atomic E-state index is 12.7. The lowest BCUT2D eigenvalue weighted by molar-refractivity contribution is -0.140. The van der Waals surface area contributed by atoms with Crippen LogP contribution in [0.15, 0.2) is 193 Å². The molecule has 3 unspecified atom stereocenters. The van der Waals surface area contributed by atoms with Crippen molar-refractivity contribution in [3.8, 4) is 0 Å². The number of carbonyl (C=O) groups excluding carboxylic acids is 6. The van der Waals surface area contributed by atoms with E-state index in [1.807, 2.05) is 97.1 Å². The lowest BCUT2D eigenvalue weighted by Gasteiger charge is -2.24. The van der Waals surface area contributed by atoms with Gasteiger partial charge in [-0.05, 0) is 72.4 Å². The van der Waals surface area contributed by atoms with Gasteiger partial charge in [0.15, 0.2) is 0 Å². The fourth-order valence-corrected chi connectivity index (χ4v) is 12.7. The maximum atomic E-state index is 12.7. The van der Waals surface area contributed by atoms with Gasteiger partial charge >= 0.3 is 35.8 Å². The fourth-order valence-electron chi connectivity index (χ4n) is 8.35. The number of methoxy groups -OCH3 is 3. The molecule has 5 aromatic rings. The van der Waals surface area contributed by atoms with Crippen molar-refractivity contribution >= 4 is 65.9 Å². The Morgan fingerprint density at radius 2 is 0.709 bits per heavy atom. The number of ether oxygens (including phenoxy) is 6. The number of hydrogen-bond acceptors (Lipinski definition) is 18. The van der Waals surface area contributed by atoms with Gasteiger partial charge in [-0.3, -0.25) is 0 Å². The van der Waals surface area contributed by atoms with E-state index in [-0.39, 0.29) is 42.1 Å². The van der Waals surface area contributed by atoms with E-state index in [0.29, 0.717) is 24.8 Å². The highest BCUT2D eigenvalue weighted by Crippen LogP contribution is 2.25. The van der Waals surface area contributed by atoms with Crippen molar-refractivity contribution in [2.45, 2.75) is 80.1 Å². The predicted molar refractivity (Wildman–Crippen MR) is 321 cm³/mol. The second-order valence-corrected chi connectivity index (χ2v) is 24.6. The van der Waals surface area contributed by atoms with Gasteiger partial charge in [-0.15, -0.1) is 0 Å². The minimum atomic E-state index is -3.79. The molecule has 6 rings (SSSR count). The zero-order valence-electron chi connectivity index (χ0n) is 48.0. The zero-order valence-corrected chi connectivity index (χ0v) is 50.4. The molecule has 462 valence electrons. The van der Waals surface area contributed by atoms with Gasteiger partial charge < -0.3 is 28.4 Å². The van der Waals surface area contributed by atoms with Crippen molar-refractivity contribution in [2.75, 3.05) is 46.9 Å². The summed E-state index contributed by atoms with van der Waals surface area (Å²) >= 11 is 0. The minimum Gasteiger partial charge on any atom is -0.466 e. The second kappa shape index (κ2) is 38.0. The lowest BCUT2D eigenvalue weighted by atomic mass is 9.91. The largest absolute Gasteiger partial charge is 0.466 e. The average molecular weight is 1240 g/mol. The highest BCUT2D eigenvalue weighted by atomic mass is 32.2. The van der Waals surface area contributed by atoms with Crippen LogP contribution < -0.4 is 14.2 Å². The number of nitrogens with one attached hydrogen (secondary N) is 3. The van der Waals surface area contributed by atoms with Gasteiger partial charge in [0.2, 0.25) is 30.1 Å². The molecule has 86 heavy (non-hydrogen) atoms. The van der Waals surface area contributed by atoms with Crippen LogP contribution in [0, 0.1) is 5.92 Å². The summed E-state index contributed by atoms with van der Waals surface area (Å²) in [4.78, 5) is 68.6. The Morgan fingerprint density at radius 3 is 1.06 bits per heavy atom. The lowest BCUT2D eigenvalue weighted by Crippen LogP contribution is -2.42. The molecule has 0 amide bonds. The van der Waals surface area contributed by atoms with Crippen LogP contribution in [0.2, 0.25) is 0 Å². The summed E-state index contributed by atoms with van der Waals surface area (Å²) in [5.74, 6) is -4.25. The average Bonchev–Trinajstić information content (AvgIpc) is 3.45. The first-order valence-corrected chi connectivity index (χ1v) is 32.0. The van der Waals surface area contributed by atoms with E-state index in [1.165, 1.54) is 33.5 Å². The summed E-state index contributed by atoms with van der Waals surface area (Å²) < 4.78 is 112. The van der Waals surface area contributed by atoms with Crippen LogP contribution in [0.4, 0.5) is 0 Å². The summed E-state index contributed by atoms with van der Waals surface area (Å²) in [7, 11) is -7.39. The summed E-state index contributed by atoms with van der Waals surface area (Å²) in [5.41, 5.74) is 3.35. The van der Waals surface area contributed by atoms with Crippen LogP contribution in [0.5, 0.6) is 0 Å². The molecule has 21 nitrogen and oxygen atoms in total. The quantitative estimate of drug-likeness (QED) is 0.0272. The molecule has 3 N–H and O–H groups in total. The van der Waals surface area contributed by atoms with Gasteiger partial charge in [-0.25, -0.2) is 68.2 Å². The number of carbonyl (C=O) groups is 6. The van der Waals surface area contributed by atoms with Gasteiger partial charge in [-0.1, -0.05) is 159 Å². The van der Waals surface area contributed by atoms with E-state index in [4.69, 9.17) is 14.2 Å². The standard InChI is InChI=1S/C21H29NO6S.C21H23NO6S.C20H21NO6S/c2*1-27-20(23)12-13-21(24)28-15-19(14-17-8-4-2-5-9-17)22-29(25,26)16-18-10-6-3-7-11-18;1-26-19(22)12-13-20(23)27-15-17(14-16-8-4-2-5-9-16)21-28(24,25)18-10-6-3-7-11-18/h2,4-5,8-9,12-13,18-19,22H,3,6-7,10-11,14-16H2,1H3;2-13,19,22H,14-16H2,1H3;2-13,17,21H,14-15H2,1H3/b3*13-12+. The monoisotopic (exact) mass is 1240 g/mol. The number of sulfonamides is 3. The van der Waals surface area contributed by atoms with Crippen molar-refractivity contribution in [1.82, 2.24) is 14.2 Å². The van der Waals surface area contributed by atoms with Crippen LogP contribution in [-0.2, 0) is 112 Å². The molecule has 0 saturated heterocycles. The Bertz CT molecular complexity index is 3330. The maximum Gasteiger partial charge on any atom is 0.331 e. The molecule has 0 heterocycles. The topological polar surface area (TPSA) is 296 Å². The van der Waals surface area contributed by atoms with E-state index >= 15 is 0 Å². The van der Waals surface area contributed by atoms with Gasteiger partial charge in [0.05, 0.1) is 55.9 Å². The molecule has 3 atom stereocenters. The number of rotatable bonds is 29. The van der Waals surface area contributed by atoms with E-state index in [2.05, 4.69) is 28.4 Å². The van der Waals surface area contributed by atoms with Crippen LogP contribution in [-0.4, -0.2) is 126 Å². The van der Waals surface area contributed by atoms with Crippen molar-refractivity contribution < 1.29 is 82.4 Å². The first-order valence-electron chi connectivity index (χ1n) is 27.2. The van der Waals surface area contributed by atoms with Gasteiger partial charge in [0.1, 0.15) is 19.8 Å². The van der Waals surface area contributed by atoms with Crippen molar-refractivity contribution in [3.63, 3.8) is 0 Å². The molecule has 1 aliphatic rings. The Balaban J connectivity index is 0.000000276. The van der Waals surface area contributed by atoms with E-state index < -0.39 is 84.0 Å². The van der Waals surface area contributed by atoms with Gasteiger partial charge in [0.25, 0.3) is 0 Å². The van der Waals surface area contributed by atoms with Crippen LogP contribution in [0.1, 0.15) is 54.4 Å². The molecule has 1 fully saturated rings. The number of benzene rings is 5. The molecule has 0 bridgehead atoms. The highest BCUT2D eigenvalue weighted by Gasteiger charge is 2.26. The Morgan fingerprint density at radius 1 is 0.407 bits per heavy atom. The normalized spacial score (nSPS) is 13.8. The van der Waals surface area contributed by atoms with E-state index in [1.54, 1.807) is 42.5 Å². The third-order valence-corrected chi connectivity index (χ3v) is 16.9. The first kappa shape index (κ1) is 70.4. The number of hydrogen-bond donors (Lipinski definition) is 3. The molecule has 0 aromatic heterocycles. The second-order valence-electron chi connectivity index (χ2n) is 19.3. The third kappa shape index (κ3) is 30.1.